The van der Waals surface area contributed by atoms with Gasteiger partial charge in [0.1, 0.15) is 17.5 Å². The zero-order valence-electron chi connectivity index (χ0n) is 14.1. The Morgan fingerprint density at radius 2 is 1.79 bits per heavy atom. The van der Waals surface area contributed by atoms with Crippen LogP contribution in [0.3, 0.4) is 0 Å². The molecule has 0 radical (unpaired) electrons. The minimum absolute atomic E-state index is 0.254. The molecule has 2 atom stereocenters. The first-order valence-electron chi connectivity index (χ1n) is 8.22. The van der Waals surface area contributed by atoms with Crippen LogP contribution in [0.4, 0.5) is 11.4 Å². The van der Waals surface area contributed by atoms with Crippen molar-refractivity contribution < 1.29 is 9.84 Å². The van der Waals surface area contributed by atoms with Gasteiger partial charge >= 0.3 is 0 Å². The highest BCUT2D eigenvalue weighted by Crippen LogP contribution is 2.42. The maximum atomic E-state index is 10.7. The fraction of sp³-hybridized carbons (Fsp3) is 0.368. The predicted octanol–water partition coefficient (Wildman–Crippen LogP) is 2.26. The van der Waals surface area contributed by atoms with Crippen LogP contribution in [0.1, 0.15) is 31.0 Å². The molecular formula is C19H25N3O2. The molecule has 0 aromatic heterocycles. The van der Waals surface area contributed by atoms with E-state index in [-0.39, 0.29) is 6.04 Å². The van der Waals surface area contributed by atoms with Crippen molar-refractivity contribution in [2.45, 2.75) is 38.0 Å². The lowest BCUT2D eigenvalue weighted by atomic mass is 9.86. The molecule has 1 aliphatic rings. The van der Waals surface area contributed by atoms with Crippen LogP contribution in [0.5, 0.6) is 5.75 Å². The Morgan fingerprint density at radius 3 is 2.50 bits per heavy atom. The molecule has 2 unspecified atom stereocenters. The van der Waals surface area contributed by atoms with Crippen molar-refractivity contribution in [2.24, 2.45) is 0 Å². The summed E-state index contributed by atoms with van der Waals surface area (Å²) >= 11 is 0. The molecule has 0 saturated carbocycles. The van der Waals surface area contributed by atoms with E-state index in [0.29, 0.717) is 17.1 Å². The molecule has 0 fully saturated rings. The van der Waals surface area contributed by atoms with E-state index < -0.39 is 11.7 Å². The van der Waals surface area contributed by atoms with Crippen molar-refractivity contribution in [1.82, 2.24) is 5.32 Å². The summed E-state index contributed by atoms with van der Waals surface area (Å²) in [5, 5.41) is 14.2. The van der Waals surface area contributed by atoms with Crippen molar-refractivity contribution in [1.29, 1.82) is 0 Å². The van der Waals surface area contributed by atoms with Crippen LogP contribution in [-0.4, -0.2) is 23.4 Å². The summed E-state index contributed by atoms with van der Waals surface area (Å²) in [5.74, 6) is 0.675. The molecule has 6 N–H and O–H groups in total. The van der Waals surface area contributed by atoms with Gasteiger partial charge in [-0.3, -0.25) is 0 Å². The molecule has 1 heterocycles. The van der Waals surface area contributed by atoms with Crippen LogP contribution in [0.15, 0.2) is 42.5 Å². The van der Waals surface area contributed by atoms with Gasteiger partial charge in [-0.25, -0.2) is 0 Å². The molecule has 0 spiro atoms. The first kappa shape index (κ1) is 16.6. The Kier molecular flexibility index (Phi) is 4.39. The Morgan fingerprint density at radius 1 is 1.12 bits per heavy atom. The van der Waals surface area contributed by atoms with E-state index in [2.05, 4.69) is 17.4 Å². The molecular weight excluding hydrogens is 302 g/mol. The molecule has 24 heavy (non-hydrogen) atoms. The topological polar surface area (TPSA) is 93.5 Å². The quantitative estimate of drug-likeness (QED) is 0.646. The molecule has 128 valence electrons. The van der Waals surface area contributed by atoms with Crippen LogP contribution in [0.25, 0.3) is 0 Å². The second-order valence-electron chi connectivity index (χ2n) is 6.84. The fourth-order valence-corrected chi connectivity index (χ4v) is 3.11. The van der Waals surface area contributed by atoms with Crippen molar-refractivity contribution in [3.05, 3.63) is 53.6 Å². The van der Waals surface area contributed by atoms with Gasteiger partial charge in [0.2, 0.25) is 0 Å². The van der Waals surface area contributed by atoms with E-state index in [4.69, 9.17) is 16.2 Å². The molecule has 3 rings (SSSR count). The average Bonchev–Trinajstić information content (AvgIpc) is 2.54. The van der Waals surface area contributed by atoms with Crippen LogP contribution in [-0.2, 0) is 6.42 Å². The average molecular weight is 327 g/mol. The Hall–Kier alpha value is -2.24. The van der Waals surface area contributed by atoms with Crippen molar-refractivity contribution in [3.63, 3.8) is 0 Å². The van der Waals surface area contributed by atoms with Gasteiger partial charge in [-0.05, 0) is 38.4 Å². The van der Waals surface area contributed by atoms with E-state index in [1.807, 2.05) is 32.0 Å². The van der Waals surface area contributed by atoms with E-state index in [1.165, 1.54) is 5.56 Å². The minimum Gasteiger partial charge on any atom is -0.485 e. The third-order valence-corrected chi connectivity index (χ3v) is 4.57. The number of aliphatic hydroxyl groups is 1. The molecule has 2 aromatic carbocycles. The predicted molar refractivity (Wildman–Crippen MR) is 96.9 cm³/mol. The summed E-state index contributed by atoms with van der Waals surface area (Å²) in [6, 6.07) is 13.5. The third-order valence-electron chi connectivity index (χ3n) is 4.57. The van der Waals surface area contributed by atoms with Gasteiger partial charge in [0, 0.05) is 11.6 Å². The van der Waals surface area contributed by atoms with Crippen molar-refractivity contribution >= 4 is 11.4 Å². The maximum absolute atomic E-state index is 10.7. The number of nitrogens with two attached hydrogens (primary N) is 2. The Labute approximate surface area is 142 Å². The number of rotatable bonds is 4. The second-order valence-corrected chi connectivity index (χ2v) is 6.84. The molecule has 5 nitrogen and oxygen atoms in total. The van der Waals surface area contributed by atoms with Gasteiger partial charge in [-0.15, -0.1) is 0 Å². The lowest BCUT2D eigenvalue weighted by Crippen LogP contribution is -2.52. The maximum Gasteiger partial charge on any atom is 0.131 e. The van der Waals surface area contributed by atoms with Crippen LogP contribution >= 0.6 is 0 Å². The summed E-state index contributed by atoms with van der Waals surface area (Å²) < 4.78 is 5.94. The molecule has 1 aliphatic heterocycles. The standard InChI is InChI=1S/C19H25N3O2/c1-19(2)18(23)17(22-9-8-12-6-4-3-5-7-12)13-10-14(20)15(21)11-16(13)24-19/h3-7,10-11,17-18,22-23H,8-9,20-21H2,1-2H3. The highest BCUT2D eigenvalue weighted by atomic mass is 16.5. The van der Waals surface area contributed by atoms with Crippen LogP contribution in [0.2, 0.25) is 0 Å². The SMILES string of the molecule is CC1(C)Oc2cc(N)c(N)cc2C(NCCc2ccccc2)C1O. The highest BCUT2D eigenvalue weighted by Gasteiger charge is 2.42. The zero-order valence-corrected chi connectivity index (χ0v) is 14.1. The molecule has 0 saturated heterocycles. The van der Waals surface area contributed by atoms with Gasteiger partial charge < -0.3 is 26.6 Å². The number of hydrogen-bond acceptors (Lipinski definition) is 5. The number of hydrogen-bond donors (Lipinski definition) is 4. The van der Waals surface area contributed by atoms with Gasteiger partial charge in [0.05, 0.1) is 17.4 Å². The van der Waals surface area contributed by atoms with E-state index in [9.17, 15) is 5.11 Å². The first-order valence-corrected chi connectivity index (χ1v) is 8.22. The van der Waals surface area contributed by atoms with Gasteiger partial charge in [-0.1, -0.05) is 30.3 Å². The second kappa shape index (κ2) is 6.34. The fourth-order valence-electron chi connectivity index (χ4n) is 3.11. The monoisotopic (exact) mass is 327 g/mol. The van der Waals surface area contributed by atoms with Gasteiger partial charge in [0.15, 0.2) is 0 Å². The molecule has 0 bridgehead atoms. The van der Waals surface area contributed by atoms with Crippen LogP contribution < -0.4 is 21.5 Å². The zero-order chi connectivity index (χ0) is 17.3. The number of fused-ring (bicyclic) bond motifs is 1. The molecule has 2 aromatic rings. The largest absolute Gasteiger partial charge is 0.485 e. The number of nitrogens with one attached hydrogen (secondary N) is 1. The first-order chi connectivity index (χ1) is 11.4. The number of ether oxygens (including phenoxy) is 1. The minimum atomic E-state index is -0.708. The summed E-state index contributed by atoms with van der Waals surface area (Å²) in [4.78, 5) is 0. The summed E-state index contributed by atoms with van der Waals surface area (Å²) in [6.45, 7) is 4.49. The molecule has 0 aliphatic carbocycles. The smallest absolute Gasteiger partial charge is 0.131 e. The lowest BCUT2D eigenvalue weighted by molar-refractivity contribution is -0.0643. The number of nitrogen functional groups attached to an aromatic ring is 2. The number of aliphatic hydroxyl groups excluding tert-OH is 1. The summed E-state index contributed by atoms with van der Waals surface area (Å²) in [5.41, 5.74) is 14.2. The van der Waals surface area contributed by atoms with Gasteiger partial charge in [-0.2, -0.15) is 0 Å². The number of benzene rings is 2. The van der Waals surface area contributed by atoms with Gasteiger partial charge in [0.25, 0.3) is 0 Å². The molecule has 0 amide bonds. The Balaban J connectivity index is 1.82. The van der Waals surface area contributed by atoms with Crippen molar-refractivity contribution in [2.75, 3.05) is 18.0 Å². The van der Waals surface area contributed by atoms with E-state index >= 15 is 0 Å². The summed E-state index contributed by atoms with van der Waals surface area (Å²) in [7, 11) is 0. The highest BCUT2D eigenvalue weighted by molar-refractivity contribution is 5.68. The lowest BCUT2D eigenvalue weighted by Gasteiger charge is -2.42. The normalized spacial score (nSPS) is 21.8. The van der Waals surface area contributed by atoms with Crippen LogP contribution in [0, 0.1) is 0 Å². The molecule has 5 heteroatoms. The summed E-state index contributed by atoms with van der Waals surface area (Å²) in [6.07, 6.45) is 0.189. The third kappa shape index (κ3) is 3.18. The van der Waals surface area contributed by atoms with E-state index in [1.54, 1.807) is 12.1 Å². The van der Waals surface area contributed by atoms with E-state index in [0.717, 1.165) is 18.5 Å². The van der Waals surface area contributed by atoms with Crippen molar-refractivity contribution in [3.8, 4) is 5.75 Å². The Bertz CT molecular complexity index is 716. The number of anilines is 2.